The number of rotatable bonds is 5. The van der Waals surface area contributed by atoms with Gasteiger partial charge in [0.05, 0.1) is 0 Å². The van der Waals surface area contributed by atoms with Gasteiger partial charge < -0.3 is 21.3 Å². The van der Waals surface area contributed by atoms with Gasteiger partial charge in [0, 0.05) is 31.6 Å². The summed E-state index contributed by atoms with van der Waals surface area (Å²) in [5.41, 5.74) is 4.71. The predicted molar refractivity (Wildman–Crippen MR) is 64.8 cm³/mol. The van der Waals surface area contributed by atoms with Crippen LogP contribution in [0.4, 0.5) is 0 Å². The van der Waals surface area contributed by atoms with E-state index in [-0.39, 0.29) is 5.71 Å². The molecule has 6 heteroatoms. The Morgan fingerprint density at radius 3 is 2.50 bits per heavy atom. The number of quaternary nitrogens is 1. The van der Waals surface area contributed by atoms with Crippen LogP contribution in [0.1, 0.15) is 6.92 Å². The number of nitrogens with two attached hydrogens (primary N) is 1. The van der Waals surface area contributed by atoms with Crippen LogP contribution in [0.3, 0.4) is 0 Å². The molecular formula is C10H20N5O+. The molecule has 0 radical (unpaired) electrons. The minimum Gasteiger partial charge on any atom is -0.382 e. The summed E-state index contributed by atoms with van der Waals surface area (Å²) >= 11 is 0. The molecule has 6 nitrogen and oxygen atoms in total. The second kappa shape index (κ2) is 6.89. The Kier molecular flexibility index (Phi) is 6.24. The molecule has 0 saturated carbocycles. The number of aliphatic hydroxyl groups excluding tert-OH is 1. The third kappa shape index (κ3) is 3.93. The summed E-state index contributed by atoms with van der Waals surface area (Å²) < 4.78 is 0. The van der Waals surface area contributed by atoms with Gasteiger partial charge in [-0.1, -0.05) is 0 Å². The van der Waals surface area contributed by atoms with Crippen molar-refractivity contribution in [3.63, 3.8) is 0 Å². The first-order valence-corrected chi connectivity index (χ1v) is 4.79. The lowest BCUT2D eigenvalue weighted by Crippen LogP contribution is -2.46. The lowest BCUT2D eigenvalue weighted by Gasteiger charge is -2.21. The molecule has 1 atom stereocenters. The predicted octanol–water partition coefficient (Wildman–Crippen LogP) is -1.10. The first-order chi connectivity index (χ1) is 7.45. The van der Waals surface area contributed by atoms with E-state index in [1.54, 1.807) is 27.1 Å². The van der Waals surface area contributed by atoms with Crippen LogP contribution in [-0.2, 0) is 0 Å². The minimum absolute atomic E-state index is 0.258. The van der Waals surface area contributed by atoms with Crippen molar-refractivity contribution >= 4 is 11.9 Å². The van der Waals surface area contributed by atoms with E-state index in [2.05, 4.69) is 10.7 Å². The van der Waals surface area contributed by atoms with E-state index in [9.17, 15) is 5.11 Å². The van der Waals surface area contributed by atoms with Crippen LogP contribution in [0.5, 0.6) is 0 Å². The van der Waals surface area contributed by atoms with Gasteiger partial charge in [0.15, 0.2) is 0 Å². The van der Waals surface area contributed by atoms with Crippen molar-refractivity contribution in [1.29, 1.82) is 5.41 Å². The molecule has 0 spiro atoms. The van der Waals surface area contributed by atoms with Crippen molar-refractivity contribution in [2.75, 3.05) is 14.1 Å². The highest BCUT2D eigenvalue weighted by Gasteiger charge is 2.20. The molecule has 0 amide bonds. The molecule has 7 N–H and O–H groups in total. The van der Waals surface area contributed by atoms with Gasteiger partial charge in [-0.05, 0) is 13.0 Å². The van der Waals surface area contributed by atoms with Crippen LogP contribution in [0.15, 0.2) is 28.5 Å². The van der Waals surface area contributed by atoms with Crippen molar-refractivity contribution < 1.29 is 10.8 Å². The Bertz CT molecular complexity index is 330. The molecular weight excluding hydrogens is 206 g/mol. The van der Waals surface area contributed by atoms with E-state index >= 15 is 0 Å². The molecule has 1 unspecified atom stereocenters. The van der Waals surface area contributed by atoms with Crippen molar-refractivity contribution in [2.45, 2.75) is 13.0 Å². The summed E-state index contributed by atoms with van der Waals surface area (Å²) in [5.74, 6) is 5.55. The maximum atomic E-state index is 10.0. The first kappa shape index (κ1) is 14.5. The van der Waals surface area contributed by atoms with E-state index < -0.39 is 6.10 Å². The van der Waals surface area contributed by atoms with Crippen LogP contribution in [0, 0.1) is 5.41 Å². The van der Waals surface area contributed by atoms with Crippen molar-refractivity contribution in [2.24, 2.45) is 10.8 Å². The topological polar surface area (TPSA) is 113 Å². The highest BCUT2D eigenvalue weighted by atomic mass is 16.3. The number of hydrogen-bond acceptors (Lipinski definition) is 5. The number of aliphatic hydroxyl groups is 1. The molecule has 0 aromatic carbocycles. The largest absolute Gasteiger partial charge is 0.382 e. The normalized spacial score (nSPS) is 15.4. The average molecular weight is 226 g/mol. The van der Waals surface area contributed by atoms with Gasteiger partial charge in [-0.15, -0.1) is 0 Å². The summed E-state index contributed by atoms with van der Waals surface area (Å²) in [5, 5.41) is 18.9. The second-order valence-electron chi connectivity index (χ2n) is 3.30. The molecule has 0 aliphatic carbocycles. The first-order valence-electron chi connectivity index (χ1n) is 4.79. The molecule has 0 heterocycles. The molecule has 16 heavy (non-hydrogen) atoms. The number of allylic oxidation sites excluding steroid dienone is 1. The fourth-order valence-electron chi connectivity index (χ4n) is 1.18. The number of hydrazine groups is 1. The molecule has 0 aromatic rings. The summed E-state index contributed by atoms with van der Waals surface area (Å²) in [6.45, 7) is 1.59. The van der Waals surface area contributed by atoms with Crippen LogP contribution >= 0.6 is 0 Å². The fraction of sp³-hybridized carbons (Fsp3) is 0.400. The minimum atomic E-state index is -0.969. The quantitative estimate of drug-likeness (QED) is 0.271. The van der Waals surface area contributed by atoms with Gasteiger partial charge in [0.1, 0.15) is 18.0 Å². The van der Waals surface area contributed by atoms with Gasteiger partial charge in [-0.2, -0.15) is 0 Å². The van der Waals surface area contributed by atoms with Crippen LogP contribution < -0.4 is 11.6 Å². The standard InChI is InChI=1S/C10H19N5O/c1-7(12)8(4-5-14-2)10(16)9(6-11)15(3)13/h4-6,10,12,16H,11,13H2,1-3H3/p+1. The number of likely N-dealkylation sites (N-methyl/N-ethyl adjacent to an activating group) is 1. The number of nitrogens with one attached hydrogen (secondary N) is 1. The number of aliphatic imine (C=N–C) groups is 1. The van der Waals surface area contributed by atoms with Gasteiger partial charge in [-0.25, -0.2) is 5.84 Å². The van der Waals surface area contributed by atoms with Gasteiger partial charge in [-0.3, -0.25) is 4.99 Å². The van der Waals surface area contributed by atoms with E-state index in [1.807, 2.05) is 0 Å². The fourth-order valence-corrected chi connectivity index (χ4v) is 1.18. The smallest absolute Gasteiger partial charge is 0.127 e. The van der Waals surface area contributed by atoms with Crippen LogP contribution in [0.25, 0.3) is 0 Å². The Labute approximate surface area is 95.4 Å². The monoisotopic (exact) mass is 226 g/mol. The van der Waals surface area contributed by atoms with Crippen LogP contribution in [-0.4, -0.2) is 42.2 Å². The Hall–Kier alpha value is -1.50. The third-order valence-corrected chi connectivity index (χ3v) is 2.03. The zero-order valence-electron chi connectivity index (χ0n) is 9.94. The lowest BCUT2D eigenvalue weighted by molar-refractivity contribution is -0.278. The molecule has 0 aromatic heterocycles. The average Bonchev–Trinajstić information content (AvgIpc) is 2.18. The molecule has 0 aliphatic rings. The lowest BCUT2D eigenvalue weighted by atomic mass is 10.0. The van der Waals surface area contributed by atoms with Crippen LogP contribution in [0.2, 0.25) is 0 Å². The molecule has 0 saturated heterocycles. The zero-order chi connectivity index (χ0) is 12.7. The van der Waals surface area contributed by atoms with Gasteiger partial charge in [0.2, 0.25) is 0 Å². The molecule has 90 valence electrons. The highest BCUT2D eigenvalue weighted by Crippen LogP contribution is 2.13. The van der Waals surface area contributed by atoms with Crippen molar-refractivity contribution in [3.8, 4) is 0 Å². The summed E-state index contributed by atoms with van der Waals surface area (Å²) in [6, 6.07) is 0. The van der Waals surface area contributed by atoms with E-state index in [0.717, 1.165) is 0 Å². The summed E-state index contributed by atoms with van der Waals surface area (Å²) in [4.78, 5) is 3.78. The van der Waals surface area contributed by atoms with Crippen molar-refractivity contribution in [3.05, 3.63) is 23.5 Å². The summed E-state index contributed by atoms with van der Waals surface area (Å²) in [7, 11) is 3.22. The Morgan fingerprint density at radius 2 is 2.19 bits per heavy atom. The van der Waals surface area contributed by atoms with Gasteiger partial charge >= 0.3 is 0 Å². The Balaban J connectivity index is 5.17. The maximum Gasteiger partial charge on any atom is 0.127 e. The number of nitrogens with zero attached hydrogens (tertiary/aromatic N) is 2. The highest BCUT2D eigenvalue weighted by molar-refractivity contribution is 6.00. The maximum absolute atomic E-state index is 10.0. The zero-order valence-corrected chi connectivity index (χ0v) is 9.94. The second-order valence-corrected chi connectivity index (χ2v) is 3.30. The van der Waals surface area contributed by atoms with E-state index in [4.69, 9.17) is 11.3 Å². The number of hydrogen-bond donors (Lipinski definition) is 4. The Morgan fingerprint density at radius 1 is 1.62 bits per heavy atom. The third-order valence-electron chi connectivity index (χ3n) is 2.03. The van der Waals surface area contributed by atoms with Crippen molar-refractivity contribution in [1.82, 2.24) is 5.01 Å². The molecule has 0 bridgehead atoms. The molecule has 0 aliphatic heterocycles. The molecule has 0 fully saturated rings. The molecule has 0 rings (SSSR count). The van der Waals surface area contributed by atoms with E-state index in [1.165, 1.54) is 17.4 Å². The van der Waals surface area contributed by atoms with E-state index in [0.29, 0.717) is 11.3 Å². The van der Waals surface area contributed by atoms with Gasteiger partial charge in [0.25, 0.3) is 0 Å². The summed E-state index contributed by atoms with van der Waals surface area (Å²) in [6.07, 6.45) is 3.60. The SMILES string of the molecule is CN=CC=C(C(C)=N)C(O)C(=C[NH3+])N(C)N.